The lowest BCUT2D eigenvalue weighted by atomic mass is 10.1. The molecule has 3 rings (SSSR count). The van der Waals surface area contributed by atoms with Crippen molar-refractivity contribution in [3.05, 3.63) is 54.9 Å². The number of carbonyl (C=O) groups excluding carboxylic acids is 1. The molecule has 2 amide bonds. The van der Waals surface area contributed by atoms with E-state index in [1.807, 2.05) is 37.4 Å². The SMILES string of the molecule is Cn1nc(NC(=O)Nc2ncccn2)cc1-c1ccccc1. The van der Waals surface area contributed by atoms with E-state index < -0.39 is 6.03 Å². The minimum atomic E-state index is -0.441. The highest BCUT2D eigenvalue weighted by Crippen LogP contribution is 2.21. The lowest BCUT2D eigenvalue weighted by Crippen LogP contribution is -2.21. The molecule has 7 heteroatoms. The Kier molecular flexibility index (Phi) is 3.78. The number of nitrogens with zero attached hydrogens (tertiary/aromatic N) is 4. The normalized spacial score (nSPS) is 10.2. The average molecular weight is 294 g/mol. The van der Waals surface area contributed by atoms with E-state index in [9.17, 15) is 4.79 Å². The first kappa shape index (κ1) is 13.7. The van der Waals surface area contributed by atoms with Gasteiger partial charge in [-0.1, -0.05) is 30.3 Å². The summed E-state index contributed by atoms with van der Waals surface area (Å²) in [6, 6.07) is 12.9. The van der Waals surface area contributed by atoms with Gasteiger partial charge in [-0.2, -0.15) is 5.10 Å². The molecule has 0 saturated carbocycles. The quantitative estimate of drug-likeness (QED) is 0.777. The highest BCUT2D eigenvalue weighted by molar-refractivity contribution is 5.98. The summed E-state index contributed by atoms with van der Waals surface area (Å²) in [5.41, 5.74) is 1.93. The Morgan fingerprint density at radius 2 is 1.77 bits per heavy atom. The van der Waals surface area contributed by atoms with Gasteiger partial charge in [-0.3, -0.25) is 15.3 Å². The van der Waals surface area contributed by atoms with E-state index in [0.717, 1.165) is 11.3 Å². The van der Waals surface area contributed by atoms with E-state index in [4.69, 9.17) is 0 Å². The zero-order valence-electron chi connectivity index (χ0n) is 11.9. The van der Waals surface area contributed by atoms with Crippen LogP contribution in [0.4, 0.5) is 16.6 Å². The van der Waals surface area contributed by atoms with Crippen molar-refractivity contribution in [2.45, 2.75) is 0 Å². The van der Waals surface area contributed by atoms with Gasteiger partial charge in [0.1, 0.15) is 0 Å². The highest BCUT2D eigenvalue weighted by Gasteiger charge is 2.10. The first-order valence-corrected chi connectivity index (χ1v) is 6.67. The molecule has 2 aromatic heterocycles. The van der Waals surface area contributed by atoms with Crippen LogP contribution in [0.3, 0.4) is 0 Å². The second-order valence-electron chi connectivity index (χ2n) is 4.56. The molecular formula is C15H14N6O. The molecule has 22 heavy (non-hydrogen) atoms. The lowest BCUT2D eigenvalue weighted by Gasteiger charge is -2.02. The first-order valence-electron chi connectivity index (χ1n) is 6.67. The van der Waals surface area contributed by atoms with E-state index in [1.165, 1.54) is 0 Å². The highest BCUT2D eigenvalue weighted by atomic mass is 16.2. The largest absolute Gasteiger partial charge is 0.327 e. The summed E-state index contributed by atoms with van der Waals surface area (Å²) < 4.78 is 1.71. The molecule has 3 aromatic rings. The van der Waals surface area contributed by atoms with E-state index in [-0.39, 0.29) is 5.95 Å². The summed E-state index contributed by atoms with van der Waals surface area (Å²) in [5, 5.41) is 9.47. The molecule has 0 aliphatic heterocycles. The molecule has 2 heterocycles. The predicted octanol–water partition coefficient (Wildman–Crippen LogP) is 2.52. The summed E-state index contributed by atoms with van der Waals surface area (Å²) in [5.74, 6) is 0.689. The smallest absolute Gasteiger partial charge is 0.290 e. The van der Waals surface area contributed by atoms with Crippen molar-refractivity contribution in [1.82, 2.24) is 19.7 Å². The van der Waals surface area contributed by atoms with Crippen LogP contribution in [0.1, 0.15) is 0 Å². The summed E-state index contributed by atoms with van der Waals surface area (Å²) in [4.78, 5) is 19.7. The predicted molar refractivity (Wildman–Crippen MR) is 83.3 cm³/mol. The number of benzene rings is 1. The summed E-state index contributed by atoms with van der Waals surface area (Å²) in [6.45, 7) is 0. The number of urea groups is 1. The van der Waals surface area contributed by atoms with Crippen LogP contribution in [-0.2, 0) is 7.05 Å². The molecule has 2 N–H and O–H groups in total. The van der Waals surface area contributed by atoms with Crippen molar-refractivity contribution >= 4 is 17.8 Å². The number of aromatic nitrogens is 4. The van der Waals surface area contributed by atoms with Crippen LogP contribution < -0.4 is 10.6 Å². The first-order chi connectivity index (χ1) is 10.7. The molecular weight excluding hydrogens is 280 g/mol. The summed E-state index contributed by atoms with van der Waals surface area (Å²) >= 11 is 0. The van der Waals surface area contributed by atoms with Crippen LogP contribution in [-0.4, -0.2) is 25.8 Å². The molecule has 0 spiro atoms. The van der Waals surface area contributed by atoms with Crippen LogP contribution >= 0.6 is 0 Å². The summed E-state index contributed by atoms with van der Waals surface area (Å²) in [6.07, 6.45) is 3.10. The van der Waals surface area contributed by atoms with Gasteiger partial charge in [0.15, 0.2) is 5.82 Å². The molecule has 0 aliphatic rings. The Morgan fingerprint density at radius 3 is 2.50 bits per heavy atom. The molecule has 0 radical (unpaired) electrons. The molecule has 0 aliphatic carbocycles. The topological polar surface area (TPSA) is 84.7 Å². The number of anilines is 2. The Morgan fingerprint density at radius 1 is 1.05 bits per heavy atom. The van der Waals surface area contributed by atoms with Crippen molar-refractivity contribution in [2.24, 2.45) is 7.05 Å². The van der Waals surface area contributed by atoms with Gasteiger partial charge >= 0.3 is 6.03 Å². The Labute approximate surface area is 127 Å². The van der Waals surface area contributed by atoms with Gasteiger partial charge in [-0.25, -0.2) is 14.8 Å². The molecule has 0 unspecified atom stereocenters. The zero-order chi connectivity index (χ0) is 15.4. The lowest BCUT2D eigenvalue weighted by molar-refractivity contribution is 0.262. The van der Waals surface area contributed by atoms with E-state index >= 15 is 0 Å². The van der Waals surface area contributed by atoms with E-state index in [2.05, 4.69) is 25.7 Å². The fourth-order valence-corrected chi connectivity index (χ4v) is 2.02. The Balaban J connectivity index is 1.73. The van der Waals surface area contributed by atoms with Crippen LogP contribution in [0, 0.1) is 0 Å². The number of hydrogen-bond donors (Lipinski definition) is 2. The van der Waals surface area contributed by atoms with Crippen molar-refractivity contribution in [2.75, 3.05) is 10.6 Å². The minimum absolute atomic E-state index is 0.235. The number of aryl methyl sites for hydroxylation is 1. The fraction of sp³-hybridized carbons (Fsp3) is 0.0667. The number of nitrogens with one attached hydrogen (secondary N) is 2. The molecule has 1 aromatic carbocycles. The van der Waals surface area contributed by atoms with Gasteiger partial charge in [0.05, 0.1) is 5.69 Å². The van der Waals surface area contributed by atoms with Crippen molar-refractivity contribution in [3.8, 4) is 11.3 Å². The van der Waals surface area contributed by atoms with Crippen molar-refractivity contribution in [1.29, 1.82) is 0 Å². The Bertz CT molecular complexity index is 769. The third-order valence-corrected chi connectivity index (χ3v) is 2.98. The van der Waals surface area contributed by atoms with Crippen LogP contribution in [0.25, 0.3) is 11.3 Å². The number of amides is 2. The zero-order valence-corrected chi connectivity index (χ0v) is 11.9. The molecule has 0 saturated heterocycles. The molecule has 7 nitrogen and oxygen atoms in total. The number of rotatable bonds is 3. The third-order valence-electron chi connectivity index (χ3n) is 2.98. The second-order valence-corrected chi connectivity index (χ2v) is 4.56. The maximum absolute atomic E-state index is 11.9. The van der Waals surface area contributed by atoms with E-state index in [1.54, 1.807) is 29.2 Å². The van der Waals surface area contributed by atoms with Gasteiger partial charge < -0.3 is 0 Å². The van der Waals surface area contributed by atoms with Crippen LogP contribution in [0.2, 0.25) is 0 Å². The second kappa shape index (κ2) is 6.04. The van der Waals surface area contributed by atoms with Gasteiger partial charge in [0.25, 0.3) is 0 Å². The van der Waals surface area contributed by atoms with Crippen LogP contribution in [0.15, 0.2) is 54.9 Å². The van der Waals surface area contributed by atoms with Crippen LogP contribution in [0.5, 0.6) is 0 Å². The molecule has 0 fully saturated rings. The maximum atomic E-state index is 11.9. The average Bonchev–Trinajstić information content (AvgIpc) is 2.89. The van der Waals surface area contributed by atoms with Gasteiger partial charge in [-0.15, -0.1) is 0 Å². The van der Waals surface area contributed by atoms with E-state index in [0.29, 0.717) is 5.82 Å². The monoisotopic (exact) mass is 294 g/mol. The minimum Gasteiger partial charge on any atom is -0.290 e. The maximum Gasteiger partial charge on any atom is 0.327 e. The summed E-state index contributed by atoms with van der Waals surface area (Å²) in [7, 11) is 1.83. The third kappa shape index (κ3) is 3.09. The number of carbonyl (C=O) groups is 1. The standard InChI is InChI=1S/C15H14N6O/c1-21-12(11-6-3-2-4-7-11)10-13(20-21)18-15(22)19-14-16-8-5-9-17-14/h2-10H,1H3,(H2,16,17,18,19,20,22). The molecule has 110 valence electrons. The fourth-order valence-electron chi connectivity index (χ4n) is 2.02. The molecule has 0 bridgehead atoms. The van der Waals surface area contributed by atoms with Crippen molar-refractivity contribution in [3.63, 3.8) is 0 Å². The number of hydrogen-bond acceptors (Lipinski definition) is 4. The Hall–Kier alpha value is -3.22. The molecule has 0 atom stereocenters. The van der Waals surface area contributed by atoms with Crippen molar-refractivity contribution < 1.29 is 4.79 Å². The van der Waals surface area contributed by atoms with Gasteiger partial charge in [0, 0.05) is 25.5 Å². The van der Waals surface area contributed by atoms with Gasteiger partial charge in [-0.05, 0) is 11.6 Å². The van der Waals surface area contributed by atoms with Gasteiger partial charge in [0.2, 0.25) is 5.95 Å².